The number of benzene rings is 1. The maximum absolute atomic E-state index is 13.0. The van der Waals surface area contributed by atoms with Gasteiger partial charge >= 0.3 is 5.97 Å². The van der Waals surface area contributed by atoms with Crippen LogP contribution < -0.4 is 4.74 Å². The molecule has 1 aliphatic rings. The number of aryl methyl sites for hydroxylation is 2. The van der Waals surface area contributed by atoms with Gasteiger partial charge in [-0.15, -0.1) is 11.8 Å². The fraction of sp³-hybridized carbons (Fsp3) is 0.526. The van der Waals surface area contributed by atoms with Gasteiger partial charge in [0.25, 0.3) is 5.91 Å². The van der Waals surface area contributed by atoms with E-state index in [1.807, 2.05) is 13.8 Å². The van der Waals surface area contributed by atoms with E-state index < -0.39 is 18.6 Å². The third-order valence-electron chi connectivity index (χ3n) is 4.55. The zero-order valence-corrected chi connectivity index (χ0v) is 17.0. The van der Waals surface area contributed by atoms with Gasteiger partial charge in [-0.05, 0) is 51.0 Å². The third kappa shape index (κ3) is 4.74. The number of rotatable bonds is 7. The first-order valence-corrected chi connectivity index (χ1v) is 10.1. The largest absolute Gasteiger partial charge is 0.481 e. The van der Waals surface area contributed by atoms with E-state index in [0.29, 0.717) is 47.2 Å². The zero-order chi connectivity index (χ0) is 20.1. The molecule has 1 saturated heterocycles. The average molecular weight is 394 g/mol. The highest BCUT2D eigenvalue weighted by atomic mass is 32.2. The molecular weight excluding hydrogens is 368 g/mol. The van der Waals surface area contributed by atoms with Crippen molar-refractivity contribution in [2.75, 3.05) is 31.3 Å². The molecular formula is C19H26N2O5S. The lowest BCUT2D eigenvalue weighted by atomic mass is 10.0. The second-order valence-electron chi connectivity index (χ2n) is 6.42. The second-order valence-corrected chi connectivity index (χ2v) is 7.42. The number of aliphatic carboxylic acids is 1. The summed E-state index contributed by atoms with van der Waals surface area (Å²) in [6.45, 7) is 8.21. The van der Waals surface area contributed by atoms with E-state index in [2.05, 4.69) is 0 Å². The molecule has 1 aliphatic heterocycles. The number of thioether (sulfide) groups is 1. The minimum Gasteiger partial charge on any atom is -0.481 e. The Morgan fingerprint density at radius 3 is 2.33 bits per heavy atom. The first kappa shape index (κ1) is 21.1. The molecule has 0 spiro atoms. The number of carbonyl (C=O) groups excluding carboxylic acids is 2. The lowest BCUT2D eigenvalue weighted by molar-refractivity contribution is -0.139. The summed E-state index contributed by atoms with van der Waals surface area (Å²) in [7, 11) is 0. The van der Waals surface area contributed by atoms with Gasteiger partial charge in [0.1, 0.15) is 11.8 Å². The topological polar surface area (TPSA) is 87.2 Å². The summed E-state index contributed by atoms with van der Waals surface area (Å²) in [4.78, 5) is 39.9. The Morgan fingerprint density at radius 2 is 1.81 bits per heavy atom. The average Bonchev–Trinajstić information content (AvgIpc) is 3.10. The van der Waals surface area contributed by atoms with Crippen LogP contribution in [0.1, 0.15) is 35.3 Å². The number of carbonyl (C=O) groups is 3. The predicted molar refractivity (Wildman–Crippen MR) is 104 cm³/mol. The van der Waals surface area contributed by atoms with Gasteiger partial charge in [0.2, 0.25) is 5.91 Å². The van der Waals surface area contributed by atoms with E-state index in [-0.39, 0.29) is 11.8 Å². The molecule has 0 radical (unpaired) electrons. The fourth-order valence-corrected chi connectivity index (χ4v) is 4.34. The smallest absolute Gasteiger partial charge is 0.341 e. The number of likely N-dealkylation sites (N-methyl/N-ethyl adjacent to an activating group) is 1. The van der Waals surface area contributed by atoms with Crippen LogP contribution in [0.3, 0.4) is 0 Å². The van der Waals surface area contributed by atoms with Gasteiger partial charge in [-0.3, -0.25) is 9.59 Å². The molecule has 27 heavy (non-hydrogen) atoms. The summed E-state index contributed by atoms with van der Waals surface area (Å²) in [5, 5.41) is 8.79. The van der Waals surface area contributed by atoms with Crippen molar-refractivity contribution in [1.82, 2.24) is 9.80 Å². The van der Waals surface area contributed by atoms with Crippen LogP contribution in [0.4, 0.5) is 0 Å². The number of hydrogen-bond acceptors (Lipinski definition) is 5. The summed E-state index contributed by atoms with van der Waals surface area (Å²) in [6, 6.07) is 2.93. The minimum atomic E-state index is -1.05. The van der Waals surface area contributed by atoms with Crippen molar-refractivity contribution in [3.63, 3.8) is 0 Å². The summed E-state index contributed by atoms with van der Waals surface area (Å²) < 4.78 is 5.32. The van der Waals surface area contributed by atoms with Gasteiger partial charge in [-0.2, -0.15) is 0 Å². The van der Waals surface area contributed by atoms with E-state index >= 15 is 0 Å². The molecule has 7 nitrogen and oxygen atoms in total. The van der Waals surface area contributed by atoms with Crippen molar-refractivity contribution in [1.29, 1.82) is 0 Å². The molecule has 1 aromatic rings. The number of amides is 2. The Bertz CT molecular complexity index is 710. The summed E-state index contributed by atoms with van der Waals surface area (Å²) >= 11 is 1.57. The minimum absolute atomic E-state index is 0.0202. The fourth-order valence-electron chi connectivity index (χ4n) is 3.19. The Labute approximate surface area is 163 Å². The summed E-state index contributed by atoms with van der Waals surface area (Å²) in [6.07, 6.45) is 0. The lowest BCUT2D eigenvalue weighted by Crippen LogP contribution is -2.49. The standard InChI is InChI=1S/C19H26N2O5S/c1-5-20(6-2)19(25)15-10-27-11-21(15)18(24)14-7-12(3)17(13(4)8-14)26-9-16(22)23/h7-8,15H,5-6,9-11H2,1-4H3,(H,22,23). The zero-order valence-electron chi connectivity index (χ0n) is 16.2. The maximum atomic E-state index is 13.0. The van der Waals surface area contributed by atoms with Crippen LogP contribution in [0.2, 0.25) is 0 Å². The monoisotopic (exact) mass is 394 g/mol. The van der Waals surface area contributed by atoms with E-state index in [1.54, 1.807) is 47.5 Å². The predicted octanol–water partition coefficient (Wildman–Crippen LogP) is 2.15. The first-order valence-electron chi connectivity index (χ1n) is 8.93. The van der Waals surface area contributed by atoms with Crippen molar-refractivity contribution in [2.45, 2.75) is 33.7 Å². The molecule has 1 N–H and O–H groups in total. The molecule has 0 saturated carbocycles. The molecule has 0 aromatic heterocycles. The van der Waals surface area contributed by atoms with Gasteiger partial charge in [0, 0.05) is 24.4 Å². The summed E-state index contributed by atoms with van der Waals surface area (Å²) in [5.41, 5.74) is 1.86. The highest BCUT2D eigenvalue weighted by Gasteiger charge is 2.37. The van der Waals surface area contributed by atoms with E-state index in [1.165, 1.54) is 0 Å². The lowest BCUT2D eigenvalue weighted by Gasteiger charge is -2.28. The molecule has 148 valence electrons. The van der Waals surface area contributed by atoms with Crippen molar-refractivity contribution in [3.8, 4) is 5.75 Å². The Kier molecular flexibility index (Phi) is 7.12. The van der Waals surface area contributed by atoms with Gasteiger partial charge < -0.3 is 19.6 Å². The van der Waals surface area contributed by atoms with Crippen LogP contribution in [0.25, 0.3) is 0 Å². The number of ether oxygens (including phenoxy) is 1. The SMILES string of the molecule is CCN(CC)C(=O)C1CSCN1C(=O)c1cc(C)c(OCC(=O)O)c(C)c1. The second kappa shape index (κ2) is 9.12. The number of nitrogens with zero attached hydrogens (tertiary/aromatic N) is 2. The van der Waals surface area contributed by atoms with E-state index in [0.717, 1.165) is 0 Å². The molecule has 1 unspecified atom stereocenters. The molecule has 1 aromatic carbocycles. The Morgan fingerprint density at radius 1 is 1.22 bits per heavy atom. The molecule has 2 amide bonds. The van der Waals surface area contributed by atoms with Crippen LogP contribution >= 0.6 is 11.8 Å². The van der Waals surface area contributed by atoms with Crippen LogP contribution in [0, 0.1) is 13.8 Å². The van der Waals surface area contributed by atoms with Gasteiger partial charge in [-0.1, -0.05) is 0 Å². The van der Waals surface area contributed by atoms with Crippen LogP contribution in [0.5, 0.6) is 5.75 Å². The van der Waals surface area contributed by atoms with Crippen molar-refractivity contribution < 1.29 is 24.2 Å². The van der Waals surface area contributed by atoms with Crippen molar-refractivity contribution >= 4 is 29.5 Å². The summed E-state index contributed by atoms with van der Waals surface area (Å²) in [5.74, 6) is 0.279. The van der Waals surface area contributed by atoms with Gasteiger partial charge in [0.15, 0.2) is 6.61 Å². The molecule has 1 heterocycles. The molecule has 0 bridgehead atoms. The first-order chi connectivity index (χ1) is 12.8. The molecule has 1 fully saturated rings. The normalized spacial score (nSPS) is 16.3. The van der Waals surface area contributed by atoms with Gasteiger partial charge in [0.05, 0.1) is 5.88 Å². The van der Waals surface area contributed by atoms with Crippen molar-refractivity contribution in [3.05, 3.63) is 28.8 Å². The van der Waals surface area contributed by atoms with Crippen LogP contribution in [-0.2, 0) is 9.59 Å². The highest BCUT2D eigenvalue weighted by Crippen LogP contribution is 2.29. The molecule has 1 atom stereocenters. The van der Waals surface area contributed by atoms with E-state index in [4.69, 9.17) is 9.84 Å². The Balaban J connectivity index is 2.23. The molecule has 0 aliphatic carbocycles. The number of carboxylic acids is 1. The quantitative estimate of drug-likeness (QED) is 0.763. The van der Waals surface area contributed by atoms with Crippen LogP contribution in [0.15, 0.2) is 12.1 Å². The third-order valence-corrected chi connectivity index (χ3v) is 5.56. The van der Waals surface area contributed by atoms with Crippen LogP contribution in [-0.4, -0.2) is 70.1 Å². The maximum Gasteiger partial charge on any atom is 0.341 e. The Hall–Kier alpha value is -2.22. The van der Waals surface area contributed by atoms with Crippen molar-refractivity contribution in [2.24, 2.45) is 0 Å². The van der Waals surface area contributed by atoms with Gasteiger partial charge in [-0.25, -0.2) is 4.79 Å². The van der Waals surface area contributed by atoms with E-state index in [9.17, 15) is 14.4 Å². The highest BCUT2D eigenvalue weighted by molar-refractivity contribution is 7.99. The molecule has 8 heteroatoms. The number of hydrogen-bond donors (Lipinski definition) is 1. The molecule has 2 rings (SSSR count). The number of carboxylic acid groups (broad SMARTS) is 1.